The highest BCUT2D eigenvalue weighted by Crippen LogP contribution is 2.31. The molecule has 10 heteroatoms. The molecule has 0 radical (unpaired) electrons. The number of anilines is 1. The SMILES string of the molecule is CCNC(=O)c1cc(-c2ccc3ncc4c(c3c2)n(-c2cn(C)nc2C)c(=O)n4C)cnc1NC. The number of rotatable bonds is 5. The molecular formula is C25H26N8O2. The lowest BCUT2D eigenvalue weighted by Crippen LogP contribution is -2.24. The fourth-order valence-electron chi connectivity index (χ4n) is 4.46. The van der Waals surface area contributed by atoms with Crippen LogP contribution >= 0.6 is 0 Å². The molecule has 35 heavy (non-hydrogen) atoms. The van der Waals surface area contributed by atoms with Crippen LogP contribution in [0.2, 0.25) is 0 Å². The Morgan fingerprint density at radius 3 is 2.57 bits per heavy atom. The van der Waals surface area contributed by atoms with Crippen molar-refractivity contribution in [2.75, 3.05) is 18.9 Å². The molecule has 0 bridgehead atoms. The highest BCUT2D eigenvalue weighted by molar-refractivity contribution is 6.05. The quantitative estimate of drug-likeness (QED) is 0.409. The number of hydrogen-bond donors (Lipinski definition) is 2. The minimum Gasteiger partial charge on any atom is -0.372 e. The van der Waals surface area contributed by atoms with Crippen molar-refractivity contribution in [1.82, 2.24) is 34.2 Å². The van der Waals surface area contributed by atoms with Crippen molar-refractivity contribution in [3.63, 3.8) is 0 Å². The van der Waals surface area contributed by atoms with Crippen LogP contribution in [-0.2, 0) is 14.1 Å². The summed E-state index contributed by atoms with van der Waals surface area (Å²) in [6.07, 6.45) is 5.29. The van der Waals surface area contributed by atoms with E-state index in [1.54, 1.807) is 40.3 Å². The van der Waals surface area contributed by atoms with Gasteiger partial charge in [0.25, 0.3) is 5.91 Å². The maximum absolute atomic E-state index is 13.3. The number of amides is 1. The molecule has 0 spiro atoms. The molecule has 4 heterocycles. The lowest BCUT2D eigenvalue weighted by Gasteiger charge is -2.11. The van der Waals surface area contributed by atoms with Crippen LogP contribution in [0, 0.1) is 6.92 Å². The summed E-state index contributed by atoms with van der Waals surface area (Å²) in [5, 5.41) is 11.1. The molecule has 0 aliphatic carbocycles. The van der Waals surface area contributed by atoms with E-state index in [4.69, 9.17) is 0 Å². The van der Waals surface area contributed by atoms with Gasteiger partial charge in [-0.25, -0.2) is 9.78 Å². The van der Waals surface area contributed by atoms with E-state index in [-0.39, 0.29) is 11.6 Å². The number of benzene rings is 1. The van der Waals surface area contributed by atoms with Gasteiger partial charge in [0.2, 0.25) is 0 Å². The Balaban J connectivity index is 1.78. The van der Waals surface area contributed by atoms with E-state index in [9.17, 15) is 9.59 Å². The highest BCUT2D eigenvalue weighted by atomic mass is 16.2. The molecular weight excluding hydrogens is 444 g/mol. The van der Waals surface area contributed by atoms with Crippen molar-refractivity contribution in [1.29, 1.82) is 0 Å². The average molecular weight is 471 g/mol. The van der Waals surface area contributed by atoms with E-state index >= 15 is 0 Å². The van der Waals surface area contributed by atoms with Gasteiger partial charge in [0.1, 0.15) is 5.82 Å². The molecule has 5 aromatic rings. The van der Waals surface area contributed by atoms with Gasteiger partial charge < -0.3 is 10.6 Å². The zero-order valence-electron chi connectivity index (χ0n) is 20.2. The van der Waals surface area contributed by atoms with Gasteiger partial charge in [-0.15, -0.1) is 0 Å². The van der Waals surface area contributed by atoms with Gasteiger partial charge in [-0.1, -0.05) is 6.07 Å². The second-order valence-corrected chi connectivity index (χ2v) is 8.40. The van der Waals surface area contributed by atoms with Crippen LogP contribution in [0.4, 0.5) is 5.82 Å². The Kier molecular flexibility index (Phi) is 5.35. The third kappa shape index (κ3) is 3.54. The summed E-state index contributed by atoms with van der Waals surface area (Å²) in [4.78, 5) is 35.0. The monoisotopic (exact) mass is 470 g/mol. The number of hydrogen-bond acceptors (Lipinski definition) is 6. The summed E-state index contributed by atoms with van der Waals surface area (Å²) in [7, 11) is 5.31. The Bertz CT molecular complexity index is 1670. The van der Waals surface area contributed by atoms with Gasteiger partial charge in [-0.3, -0.25) is 23.6 Å². The fraction of sp³-hybridized carbons (Fsp3) is 0.240. The topological polar surface area (TPSA) is 112 Å². The third-order valence-corrected chi connectivity index (χ3v) is 6.15. The molecule has 10 nitrogen and oxygen atoms in total. The van der Waals surface area contributed by atoms with Crippen LogP contribution in [0.3, 0.4) is 0 Å². The van der Waals surface area contributed by atoms with Crippen LogP contribution in [0.25, 0.3) is 38.8 Å². The van der Waals surface area contributed by atoms with Crippen molar-refractivity contribution in [3.8, 4) is 16.8 Å². The first-order chi connectivity index (χ1) is 16.8. The molecule has 5 rings (SSSR count). The molecule has 0 fully saturated rings. The van der Waals surface area contributed by atoms with Crippen molar-refractivity contribution in [3.05, 3.63) is 64.6 Å². The molecule has 1 aromatic carbocycles. The number of carbonyl (C=O) groups is 1. The van der Waals surface area contributed by atoms with Crippen molar-refractivity contribution in [2.45, 2.75) is 13.8 Å². The number of fused-ring (bicyclic) bond motifs is 3. The number of aryl methyl sites for hydroxylation is 3. The van der Waals surface area contributed by atoms with Crippen molar-refractivity contribution >= 4 is 33.7 Å². The van der Waals surface area contributed by atoms with Gasteiger partial charge in [-0.2, -0.15) is 5.10 Å². The van der Waals surface area contributed by atoms with Crippen molar-refractivity contribution in [2.24, 2.45) is 14.1 Å². The highest BCUT2D eigenvalue weighted by Gasteiger charge is 2.20. The number of pyridine rings is 2. The first-order valence-electron chi connectivity index (χ1n) is 11.3. The van der Waals surface area contributed by atoms with E-state index in [0.29, 0.717) is 17.9 Å². The predicted molar refractivity (Wildman–Crippen MR) is 136 cm³/mol. The van der Waals surface area contributed by atoms with Crippen LogP contribution in [-0.4, -0.2) is 48.4 Å². The minimum atomic E-state index is -0.194. The molecule has 1 amide bonds. The molecule has 0 saturated heterocycles. The molecule has 2 N–H and O–H groups in total. The number of carbonyl (C=O) groups excluding carboxylic acids is 1. The lowest BCUT2D eigenvalue weighted by atomic mass is 10.0. The zero-order valence-corrected chi connectivity index (χ0v) is 20.2. The number of nitrogens with zero attached hydrogens (tertiary/aromatic N) is 6. The molecule has 0 unspecified atom stereocenters. The Morgan fingerprint density at radius 2 is 1.89 bits per heavy atom. The second-order valence-electron chi connectivity index (χ2n) is 8.40. The summed E-state index contributed by atoms with van der Waals surface area (Å²) in [5.74, 6) is 0.313. The fourth-order valence-corrected chi connectivity index (χ4v) is 4.46. The zero-order chi connectivity index (χ0) is 24.9. The smallest absolute Gasteiger partial charge is 0.333 e. The first kappa shape index (κ1) is 22.3. The van der Waals surface area contributed by atoms with Gasteiger partial charge in [0.15, 0.2) is 0 Å². The summed E-state index contributed by atoms with van der Waals surface area (Å²) in [6.45, 7) is 4.28. The van der Waals surface area contributed by atoms with E-state index in [1.807, 2.05) is 51.4 Å². The van der Waals surface area contributed by atoms with Crippen LogP contribution in [0.15, 0.2) is 47.7 Å². The van der Waals surface area contributed by atoms with E-state index in [2.05, 4.69) is 25.7 Å². The van der Waals surface area contributed by atoms with Gasteiger partial charge in [-0.05, 0) is 37.6 Å². The molecule has 0 aliphatic heterocycles. The Morgan fingerprint density at radius 1 is 1.09 bits per heavy atom. The van der Waals surface area contributed by atoms with Crippen LogP contribution < -0.4 is 16.3 Å². The van der Waals surface area contributed by atoms with Gasteiger partial charge in [0, 0.05) is 51.0 Å². The third-order valence-electron chi connectivity index (χ3n) is 6.15. The number of aromatic nitrogens is 6. The molecule has 0 aliphatic rings. The van der Waals surface area contributed by atoms with E-state index in [1.165, 1.54) is 0 Å². The van der Waals surface area contributed by atoms with E-state index in [0.717, 1.165) is 44.4 Å². The minimum absolute atomic E-state index is 0.172. The number of nitrogens with one attached hydrogen (secondary N) is 2. The standard InChI is InChI=1S/C25H26N8O2/c1-6-27-24(34)18-10-16(11-29-23(18)26-3)15-7-8-19-17(9-15)22-20(12-28-19)32(5)25(35)33(22)21-13-31(4)30-14(21)2/h7-13H,6H2,1-5H3,(H,26,29)(H,27,34). The second kappa shape index (κ2) is 8.39. The van der Waals surface area contributed by atoms with Gasteiger partial charge >= 0.3 is 5.69 Å². The first-order valence-corrected chi connectivity index (χ1v) is 11.3. The van der Waals surface area contributed by atoms with Crippen LogP contribution in [0.5, 0.6) is 0 Å². The summed E-state index contributed by atoms with van der Waals surface area (Å²) in [5.41, 5.74) is 5.64. The van der Waals surface area contributed by atoms with Crippen LogP contribution in [0.1, 0.15) is 23.0 Å². The Labute approximate surface area is 201 Å². The molecule has 178 valence electrons. The Hall–Kier alpha value is -4.47. The maximum atomic E-state index is 13.3. The average Bonchev–Trinajstić information content (AvgIpc) is 3.32. The number of imidazole rings is 1. The summed E-state index contributed by atoms with van der Waals surface area (Å²) >= 11 is 0. The van der Waals surface area contributed by atoms with E-state index < -0.39 is 0 Å². The van der Waals surface area contributed by atoms with Crippen molar-refractivity contribution < 1.29 is 4.79 Å². The lowest BCUT2D eigenvalue weighted by molar-refractivity contribution is 0.0956. The maximum Gasteiger partial charge on any atom is 0.333 e. The molecule has 0 atom stereocenters. The molecule has 0 saturated carbocycles. The summed E-state index contributed by atoms with van der Waals surface area (Å²) < 4.78 is 4.98. The largest absolute Gasteiger partial charge is 0.372 e. The molecule has 4 aromatic heterocycles. The van der Waals surface area contributed by atoms with Gasteiger partial charge in [0.05, 0.1) is 39.7 Å². The normalized spacial score (nSPS) is 11.3. The predicted octanol–water partition coefficient (Wildman–Crippen LogP) is 2.77. The summed E-state index contributed by atoms with van der Waals surface area (Å²) in [6, 6.07) is 7.67.